The number of nitrogens with one attached hydrogen (secondary N) is 1. The number of hydrogen-bond donors (Lipinski definition) is 2. The first-order valence-electron chi connectivity index (χ1n) is 6.78. The maximum Gasteiger partial charge on any atom is 0.390 e. The zero-order chi connectivity index (χ0) is 15.6. The summed E-state index contributed by atoms with van der Waals surface area (Å²) < 4.78 is 38.8. The van der Waals surface area contributed by atoms with Crippen molar-refractivity contribution >= 4 is 11.6 Å². The van der Waals surface area contributed by atoms with Gasteiger partial charge in [-0.1, -0.05) is 11.6 Å². The first kappa shape index (κ1) is 16.4. The molecule has 1 aromatic rings. The van der Waals surface area contributed by atoms with E-state index in [1.807, 2.05) is 0 Å². The second kappa shape index (κ2) is 6.42. The number of hydrogen-bond acceptors (Lipinski definition) is 3. The van der Waals surface area contributed by atoms with Crippen LogP contribution in [0.4, 0.5) is 13.2 Å². The third kappa shape index (κ3) is 4.25. The lowest BCUT2D eigenvalue weighted by atomic mass is 9.97. The lowest BCUT2D eigenvalue weighted by Crippen LogP contribution is -2.46. The highest BCUT2D eigenvalue weighted by Gasteiger charge is 2.37. The quantitative estimate of drug-likeness (QED) is 0.896. The normalized spacial score (nSPS) is 18.7. The number of piperazine rings is 1. The molecule has 118 valence electrons. The molecule has 1 aliphatic rings. The number of phenolic OH excluding ortho intramolecular Hbond substituents is 1. The van der Waals surface area contributed by atoms with E-state index in [9.17, 15) is 18.3 Å². The molecule has 2 N–H and O–H groups in total. The highest BCUT2D eigenvalue weighted by Crippen LogP contribution is 2.40. The molecule has 0 bridgehead atoms. The van der Waals surface area contributed by atoms with Crippen LogP contribution in [0.2, 0.25) is 5.02 Å². The SMILES string of the molecule is Cc1cc(Cl)cc([C@@H](CC(F)(F)F)N2CCNCC2)c1O. The molecule has 0 spiro atoms. The molecule has 1 aliphatic heterocycles. The molecule has 1 heterocycles. The van der Waals surface area contributed by atoms with Crippen molar-refractivity contribution in [2.45, 2.75) is 25.6 Å². The maximum atomic E-state index is 12.9. The van der Waals surface area contributed by atoms with Gasteiger partial charge in [0.2, 0.25) is 0 Å². The standard InChI is InChI=1S/C14H18ClF3N2O/c1-9-6-10(15)7-11(13(9)21)12(8-14(16,17)18)20-4-2-19-3-5-20/h6-7,12,19,21H,2-5,8H2,1H3/t12-/m1/s1. The second-order valence-corrected chi connectivity index (χ2v) is 5.72. The van der Waals surface area contributed by atoms with E-state index in [1.165, 1.54) is 6.07 Å². The van der Waals surface area contributed by atoms with Crippen LogP contribution < -0.4 is 5.32 Å². The Balaban J connectivity index is 2.38. The van der Waals surface area contributed by atoms with Crippen molar-refractivity contribution in [3.8, 4) is 5.75 Å². The van der Waals surface area contributed by atoms with E-state index in [2.05, 4.69) is 5.32 Å². The fraction of sp³-hybridized carbons (Fsp3) is 0.571. The van der Waals surface area contributed by atoms with Gasteiger partial charge in [0, 0.05) is 42.8 Å². The van der Waals surface area contributed by atoms with Crippen LogP contribution in [-0.4, -0.2) is 42.4 Å². The molecule has 0 saturated carbocycles. The predicted octanol–water partition coefficient (Wildman–Crippen LogP) is 3.25. The molecule has 2 rings (SSSR count). The van der Waals surface area contributed by atoms with Crippen LogP contribution in [0.25, 0.3) is 0 Å². The lowest BCUT2D eigenvalue weighted by Gasteiger charge is -2.36. The van der Waals surface area contributed by atoms with E-state index in [4.69, 9.17) is 11.6 Å². The zero-order valence-corrected chi connectivity index (χ0v) is 12.4. The fourth-order valence-electron chi connectivity index (χ4n) is 2.66. The van der Waals surface area contributed by atoms with Crippen molar-refractivity contribution in [2.75, 3.05) is 26.2 Å². The predicted molar refractivity (Wildman–Crippen MR) is 75.7 cm³/mol. The fourth-order valence-corrected chi connectivity index (χ4v) is 2.95. The van der Waals surface area contributed by atoms with Crippen molar-refractivity contribution < 1.29 is 18.3 Å². The molecule has 1 saturated heterocycles. The van der Waals surface area contributed by atoms with Crippen LogP contribution in [0, 0.1) is 6.92 Å². The summed E-state index contributed by atoms with van der Waals surface area (Å²) in [6, 6.07) is 2.06. The van der Waals surface area contributed by atoms with Crippen LogP contribution in [0.5, 0.6) is 5.75 Å². The smallest absolute Gasteiger partial charge is 0.390 e. The molecule has 0 radical (unpaired) electrons. The van der Waals surface area contributed by atoms with Gasteiger partial charge in [-0.2, -0.15) is 13.2 Å². The third-order valence-electron chi connectivity index (χ3n) is 3.67. The summed E-state index contributed by atoms with van der Waals surface area (Å²) in [5.41, 5.74) is 0.735. The van der Waals surface area contributed by atoms with Gasteiger partial charge >= 0.3 is 6.18 Å². The number of aromatic hydroxyl groups is 1. The molecule has 3 nitrogen and oxygen atoms in total. The van der Waals surface area contributed by atoms with Crippen molar-refractivity contribution in [3.63, 3.8) is 0 Å². The largest absolute Gasteiger partial charge is 0.507 e. The Labute approximate surface area is 126 Å². The Morgan fingerprint density at radius 2 is 1.95 bits per heavy atom. The van der Waals surface area contributed by atoms with Gasteiger partial charge in [-0.05, 0) is 24.6 Å². The molecule has 0 aromatic heterocycles. The molecule has 1 atom stereocenters. The van der Waals surface area contributed by atoms with Crippen LogP contribution in [0.15, 0.2) is 12.1 Å². The minimum atomic E-state index is -4.31. The van der Waals surface area contributed by atoms with E-state index < -0.39 is 18.6 Å². The molecule has 1 fully saturated rings. The van der Waals surface area contributed by atoms with Crippen LogP contribution in [-0.2, 0) is 0 Å². The topological polar surface area (TPSA) is 35.5 Å². The van der Waals surface area contributed by atoms with Gasteiger partial charge in [-0.15, -0.1) is 0 Å². The molecular formula is C14H18ClF3N2O. The Morgan fingerprint density at radius 3 is 2.52 bits per heavy atom. The van der Waals surface area contributed by atoms with E-state index in [1.54, 1.807) is 17.9 Å². The van der Waals surface area contributed by atoms with Gasteiger partial charge in [0.15, 0.2) is 0 Å². The summed E-state index contributed by atoms with van der Waals surface area (Å²) in [7, 11) is 0. The van der Waals surface area contributed by atoms with Crippen LogP contribution >= 0.6 is 11.6 Å². The minimum absolute atomic E-state index is 0.104. The summed E-state index contributed by atoms with van der Waals surface area (Å²) in [6.07, 6.45) is -5.31. The molecular weight excluding hydrogens is 305 g/mol. The van der Waals surface area contributed by atoms with E-state index in [-0.39, 0.29) is 11.3 Å². The van der Waals surface area contributed by atoms with Gasteiger partial charge < -0.3 is 10.4 Å². The van der Waals surface area contributed by atoms with Crippen molar-refractivity contribution in [2.24, 2.45) is 0 Å². The summed E-state index contributed by atoms with van der Waals surface area (Å²) in [6.45, 7) is 3.91. The van der Waals surface area contributed by atoms with Gasteiger partial charge in [-0.3, -0.25) is 4.90 Å². The average Bonchev–Trinajstić information content (AvgIpc) is 2.40. The Morgan fingerprint density at radius 1 is 1.33 bits per heavy atom. The van der Waals surface area contributed by atoms with Gasteiger partial charge in [-0.25, -0.2) is 0 Å². The van der Waals surface area contributed by atoms with Gasteiger partial charge in [0.1, 0.15) is 5.75 Å². The number of nitrogens with zero attached hydrogens (tertiary/aromatic N) is 1. The number of rotatable bonds is 3. The molecule has 0 aliphatic carbocycles. The van der Waals surface area contributed by atoms with E-state index >= 15 is 0 Å². The summed E-state index contributed by atoms with van der Waals surface area (Å²) in [5.74, 6) is -0.104. The summed E-state index contributed by atoms with van der Waals surface area (Å²) in [5, 5.41) is 13.6. The lowest BCUT2D eigenvalue weighted by molar-refractivity contribution is -0.148. The van der Waals surface area contributed by atoms with E-state index in [0.29, 0.717) is 36.8 Å². The second-order valence-electron chi connectivity index (χ2n) is 5.28. The van der Waals surface area contributed by atoms with Crippen molar-refractivity contribution in [1.29, 1.82) is 0 Å². The highest BCUT2D eigenvalue weighted by molar-refractivity contribution is 6.30. The number of benzene rings is 1. The van der Waals surface area contributed by atoms with Crippen LogP contribution in [0.1, 0.15) is 23.6 Å². The molecule has 0 unspecified atom stereocenters. The number of phenols is 1. The summed E-state index contributed by atoms with van der Waals surface area (Å²) >= 11 is 5.95. The molecule has 0 amide bonds. The molecule has 1 aromatic carbocycles. The number of aryl methyl sites for hydroxylation is 1. The Kier molecular flexibility index (Phi) is 5.01. The van der Waals surface area contributed by atoms with Gasteiger partial charge in [0.05, 0.1) is 6.42 Å². The Hall–Kier alpha value is -0.980. The van der Waals surface area contributed by atoms with Gasteiger partial charge in [0.25, 0.3) is 0 Å². The summed E-state index contributed by atoms with van der Waals surface area (Å²) in [4.78, 5) is 1.74. The first-order chi connectivity index (χ1) is 9.78. The Bertz CT molecular complexity index is 502. The molecule has 21 heavy (non-hydrogen) atoms. The zero-order valence-electron chi connectivity index (χ0n) is 11.7. The maximum absolute atomic E-state index is 12.9. The van der Waals surface area contributed by atoms with Crippen molar-refractivity contribution in [3.05, 3.63) is 28.3 Å². The average molecular weight is 323 g/mol. The van der Waals surface area contributed by atoms with Crippen molar-refractivity contribution in [1.82, 2.24) is 10.2 Å². The van der Waals surface area contributed by atoms with Crippen LogP contribution in [0.3, 0.4) is 0 Å². The number of alkyl halides is 3. The minimum Gasteiger partial charge on any atom is -0.507 e. The first-order valence-corrected chi connectivity index (χ1v) is 7.16. The monoisotopic (exact) mass is 322 g/mol. The molecule has 7 heteroatoms. The highest BCUT2D eigenvalue weighted by atomic mass is 35.5. The third-order valence-corrected chi connectivity index (χ3v) is 3.89. The number of halogens is 4. The van der Waals surface area contributed by atoms with E-state index in [0.717, 1.165) is 0 Å².